The number of imidazole rings is 1. The number of rotatable bonds is 2. The molecule has 2 aromatic rings. The van der Waals surface area contributed by atoms with Crippen LogP contribution < -0.4 is 5.73 Å². The van der Waals surface area contributed by atoms with Crippen LogP contribution in [0, 0.1) is 0 Å². The molecule has 0 aromatic carbocycles. The smallest absolute Gasteiger partial charge is 0.250 e. The van der Waals surface area contributed by atoms with Crippen molar-refractivity contribution in [2.45, 2.75) is 18.8 Å². The molecule has 0 atom stereocenters. The van der Waals surface area contributed by atoms with Crippen molar-refractivity contribution in [1.82, 2.24) is 9.38 Å². The Labute approximate surface area is 105 Å². The van der Waals surface area contributed by atoms with Crippen LogP contribution in [0.2, 0.25) is 0 Å². The van der Waals surface area contributed by atoms with Gasteiger partial charge in [-0.15, -0.1) is 0 Å². The van der Waals surface area contributed by atoms with E-state index in [2.05, 4.69) is 4.98 Å². The molecule has 94 valence electrons. The van der Waals surface area contributed by atoms with Crippen molar-refractivity contribution in [2.24, 2.45) is 5.73 Å². The number of hydrogen-bond donors (Lipinski definition) is 1. The number of amides is 1. The van der Waals surface area contributed by atoms with Gasteiger partial charge in [0.15, 0.2) is 0 Å². The van der Waals surface area contributed by atoms with E-state index in [9.17, 15) is 4.79 Å². The van der Waals surface area contributed by atoms with Gasteiger partial charge in [-0.3, -0.25) is 4.79 Å². The molecule has 3 heterocycles. The van der Waals surface area contributed by atoms with Gasteiger partial charge >= 0.3 is 0 Å². The summed E-state index contributed by atoms with van der Waals surface area (Å²) in [4.78, 5) is 15.7. The summed E-state index contributed by atoms with van der Waals surface area (Å²) in [7, 11) is 0. The van der Waals surface area contributed by atoms with Gasteiger partial charge in [-0.25, -0.2) is 4.98 Å². The lowest BCUT2D eigenvalue weighted by Gasteiger charge is -2.19. The quantitative estimate of drug-likeness (QED) is 0.867. The summed E-state index contributed by atoms with van der Waals surface area (Å²) < 4.78 is 7.22. The van der Waals surface area contributed by atoms with Crippen molar-refractivity contribution in [3.05, 3.63) is 35.8 Å². The first-order chi connectivity index (χ1) is 8.74. The molecule has 0 unspecified atom stereocenters. The molecule has 1 aliphatic rings. The van der Waals surface area contributed by atoms with E-state index in [1.807, 2.05) is 16.7 Å². The second-order valence-corrected chi connectivity index (χ2v) is 4.60. The number of carbonyl (C=O) groups excluding carboxylic acids is 1. The highest BCUT2D eigenvalue weighted by molar-refractivity contribution is 5.92. The van der Waals surface area contributed by atoms with Crippen LogP contribution >= 0.6 is 0 Å². The van der Waals surface area contributed by atoms with Gasteiger partial charge in [0.1, 0.15) is 5.65 Å². The molecule has 1 amide bonds. The summed E-state index contributed by atoms with van der Waals surface area (Å²) in [5.74, 6) is 0.0360. The first kappa shape index (κ1) is 11.2. The number of carbonyl (C=O) groups is 1. The third-order valence-electron chi connectivity index (χ3n) is 3.39. The van der Waals surface area contributed by atoms with Gasteiger partial charge in [0.05, 0.1) is 11.3 Å². The Bertz CT molecular complexity index is 585. The van der Waals surface area contributed by atoms with E-state index in [0.29, 0.717) is 11.5 Å². The molecule has 0 spiro atoms. The Hall–Kier alpha value is -1.88. The highest BCUT2D eigenvalue weighted by Gasteiger charge is 2.18. The van der Waals surface area contributed by atoms with Gasteiger partial charge in [-0.1, -0.05) is 0 Å². The number of primary amides is 1. The Balaban J connectivity index is 1.97. The number of nitrogens with zero attached hydrogens (tertiary/aromatic N) is 2. The predicted octanol–water partition coefficient (Wildman–Crippen LogP) is 1.33. The zero-order valence-electron chi connectivity index (χ0n) is 10.0. The van der Waals surface area contributed by atoms with Crippen LogP contribution in [0.25, 0.3) is 5.65 Å². The van der Waals surface area contributed by atoms with Crippen LogP contribution in [0.15, 0.2) is 24.5 Å². The lowest BCUT2D eigenvalue weighted by Crippen LogP contribution is -2.14. The molecule has 1 aliphatic heterocycles. The maximum Gasteiger partial charge on any atom is 0.250 e. The van der Waals surface area contributed by atoms with E-state index in [4.69, 9.17) is 10.5 Å². The van der Waals surface area contributed by atoms with Crippen LogP contribution in [0.3, 0.4) is 0 Å². The van der Waals surface area contributed by atoms with E-state index in [1.54, 1.807) is 12.3 Å². The van der Waals surface area contributed by atoms with Gasteiger partial charge < -0.3 is 14.9 Å². The lowest BCUT2D eigenvalue weighted by molar-refractivity contribution is 0.0846. The standard InChI is InChI=1S/C13H15N3O2/c14-13(17)10-1-2-12-15-11(8-16(12)7-10)9-3-5-18-6-4-9/h1-2,7-9H,3-6H2,(H2,14,17). The molecule has 2 N–H and O–H groups in total. The van der Waals surface area contributed by atoms with Crippen molar-refractivity contribution >= 4 is 11.6 Å². The monoisotopic (exact) mass is 245 g/mol. The molecule has 1 fully saturated rings. The number of aromatic nitrogens is 2. The normalized spacial score (nSPS) is 17.1. The van der Waals surface area contributed by atoms with E-state index < -0.39 is 5.91 Å². The fourth-order valence-electron chi connectivity index (χ4n) is 2.35. The second-order valence-electron chi connectivity index (χ2n) is 4.60. The topological polar surface area (TPSA) is 69.6 Å². The molecular weight excluding hydrogens is 230 g/mol. The molecule has 0 saturated carbocycles. The highest BCUT2D eigenvalue weighted by Crippen LogP contribution is 2.26. The third kappa shape index (κ3) is 1.97. The number of ether oxygens (including phenoxy) is 1. The Morgan fingerprint density at radius 3 is 2.83 bits per heavy atom. The number of hydrogen-bond acceptors (Lipinski definition) is 3. The Morgan fingerprint density at radius 2 is 2.11 bits per heavy atom. The lowest BCUT2D eigenvalue weighted by atomic mass is 9.97. The van der Waals surface area contributed by atoms with Gasteiger partial charge in [0, 0.05) is 31.5 Å². The summed E-state index contributed by atoms with van der Waals surface area (Å²) in [5.41, 5.74) is 7.68. The molecule has 0 radical (unpaired) electrons. The maximum absolute atomic E-state index is 11.1. The summed E-state index contributed by atoms with van der Waals surface area (Å²) in [5, 5.41) is 0. The average molecular weight is 245 g/mol. The van der Waals surface area contributed by atoms with Crippen molar-refractivity contribution in [1.29, 1.82) is 0 Å². The summed E-state index contributed by atoms with van der Waals surface area (Å²) >= 11 is 0. The zero-order valence-corrected chi connectivity index (χ0v) is 10.0. The van der Waals surface area contributed by atoms with E-state index in [0.717, 1.165) is 37.4 Å². The molecule has 3 rings (SSSR count). The average Bonchev–Trinajstić information content (AvgIpc) is 2.82. The van der Waals surface area contributed by atoms with Crippen LogP contribution in [-0.4, -0.2) is 28.5 Å². The molecule has 2 aromatic heterocycles. The Kier molecular flexibility index (Phi) is 2.76. The molecule has 0 aliphatic carbocycles. The van der Waals surface area contributed by atoms with E-state index >= 15 is 0 Å². The van der Waals surface area contributed by atoms with Gasteiger partial charge in [-0.2, -0.15) is 0 Å². The molecular formula is C13H15N3O2. The molecule has 5 nitrogen and oxygen atoms in total. The minimum atomic E-state index is -0.418. The van der Waals surface area contributed by atoms with Gasteiger partial charge in [0.2, 0.25) is 5.91 Å². The molecule has 1 saturated heterocycles. The Morgan fingerprint density at radius 1 is 1.33 bits per heavy atom. The van der Waals surface area contributed by atoms with Crippen LogP contribution in [-0.2, 0) is 4.74 Å². The van der Waals surface area contributed by atoms with Crippen molar-refractivity contribution in [3.63, 3.8) is 0 Å². The van der Waals surface area contributed by atoms with Crippen LogP contribution in [0.5, 0.6) is 0 Å². The predicted molar refractivity (Wildman–Crippen MR) is 66.5 cm³/mol. The first-order valence-corrected chi connectivity index (χ1v) is 6.10. The SMILES string of the molecule is NC(=O)c1ccc2nc(C3CCOCC3)cn2c1. The summed E-state index contributed by atoms with van der Waals surface area (Å²) in [6.07, 6.45) is 5.73. The second kappa shape index (κ2) is 4.42. The number of pyridine rings is 1. The number of fused-ring (bicyclic) bond motifs is 1. The molecule has 0 bridgehead atoms. The first-order valence-electron chi connectivity index (χ1n) is 6.10. The molecule has 18 heavy (non-hydrogen) atoms. The number of nitrogens with two attached hydrogens (primary N) is 1. The van der Waals surface area contributed by atoms with E-state index in [1.165, 1.54) is 0 Å². The highest BCUT2D eigenvalue weighted by atomic mass is 16.5. The van der Waals surface area contributed by atoms with Crippen molar-refractivity contribution in [3.8, 4) is 0 Å². The van der Waals surface area contributed by atoms with E-state index in [-0.39, 0.29) is 0 Å². The van der Waals surface area contributed by atoms with Gasteiger partial charge in [0.25, 0.3) is 0 Å². The zero-order chi connectivity index (χ0) is 12.5. The molecule has 5 heteroatoms. The maximum atomic E-state index is 11.1. The third-order valence-corrected chi connectivity index (χ3v) is 3.39. The van der Waals surface area contributed by atoms with Crippen LogP contribution in [0.1, 0.15) is 34.8 Å². The largest absolute Gasteiger partial charge is 0.381 e. The fourth-order valence-corrected chi connectivity index (χ4v) is 2.35. The van der Waals surface area contributed by atoms with Crippen molar-refractivity contribution in [2.75, 3.05) is 13.2 Å². The van der Waals surface area contributed by atoms with Crippen LogP contribution in [0.4, 0.5) is 0 Å². The van der Waals surface area contributed by atoms with Gasteiger partial charge in [-0.05, 0) is 25.0 Å². The fraction of sp³-hybridized carbons (Fsp3) is 0.385. The summed E-state index contributed by atoms with van der Waals surface area (Å²) in [6, 6.07) is 3.53. The minimum absolute atomic E-state index is 0.418. The summed E-state index contributed by atoms with van der Waals surface area (Å²) in [6.45, 7) is 1.59. The van der Waals surface area contributed by atoms with Crippen molar-refractivity contribution < 1.29 is 9.53 Å². The minimum Gasteiger partial charge on any atom is -0.381 e.